The second kappa shape index (κ2) is 5.87. The molecule has 0 fully saturated rings. The van der Waals surface area contributed by atoms with Crippen LogP contribution in [0.5, 0.6) is 11.5 Å². The highest BCUT2D eigenvalue weighted by molar-refractivity contribution is 6.32. The molecule has 0 heterocycles. The molecule has 94 valence electrons. The Morgan fingerprint density at radius 2 is 1.78 bits per heavy atom. The van der Waals surface area contributed by atoms with E-state index >= 15 is 0 Å². The minimum atomic E-state index is -0.143. The van der Waals surface area contributed by atoms with Gasteiger partial charge in [-0.15, -0.1) is 0 Å². The molecular weight excluding hydrogens is 252 g/mol. The number of benzene rings is 2. The third kappa shape index (κ3) is 2.82. The van der Waals surface area contributed by atoms with Crippen molar-refractivity contribution in [2.75, 3.05) is 0 Å². The maximum atomic E-state index is 9.24. The normalized spacial score (nSPS) is 10.4. The summed E-state index contributed by atoms with van der Waals surface area (Å²) in [7, 11) is 0. The van der Waals surface area contributed by atoms with Gasteiger partial charge >= 0.3 is 0 Å². The van der Waals surface area contributed by atoms with Crippen molar-refractivity contribution in [3.05, 3.63) is 58.6 Å². The van der Waals surface area contributed by atoms with Crippen molar-refractivity contribution in [2.24, 2.45) is 0 Å². The molecule has 0 saturated heterocycles. The Kier molecular flexibility index (Phi) is 4.20. The van der Waals surface area contributed by atoms with Crippen LogP contribution in [0.2, 0.25) is 5.02 Å². The van der Waals surface area contributed by atoms with E-state index in [1.807, 2.05) is 0 Å². The van der Waals surface area contributed by atoms with E-state index in [1.165, 1.54) is 0 Å². The van der Waals surface area contributed by atoms with E-state index in [0.29, 0.717) is 22.1 Å². The Hall–Kier alpha value is -1.55. The molecule has 0 amide bonds. The zero-order chi connectivity index (χ0) is 13.0. The fourth-order valence-corrected chi connectivity index (χ4v) is 1.85. The lowest BCUT2D eigenvalue weighted by molar-refractivity contribution is 0.275. The van der Waals surface area contributed by atoms with Gasteiger partial charge in [-0.2, -0.15) is 0 Å². The zero-order valence-electron chi connectivity index (χ0n) is 9.64. The fourth-order valence-electron chi connectivity index (χ4n) is 1.62. The zero-order valence-corrected chi connectivity index (χ0v) is 10.4. The largest absolute Gasteiger partial charge is 0.455 e. The molecule has 0 radical (unpaired) electrons. The van der Waals surface area contributed by atoms with E-state index in [0.717, 1.165) is 5.56 Å². The van der Waals surface area contributed by atoms with E-state index in [9.17, 15) is 5.11 Å². The summed E-state index contributed by atoms with van der Waals surface area (Å²) in [6.07, 6.45) is 0. The highest BCUT2D eigenvalue weighted by Crippen LogP contribution is 2.33. The first-order valence-electron chi connectivity index (χ1n) is 5.50. The molecule has 0 spiro atoms. The summed E-state index contributed by atoms with van der Waals surface area (Å²) in [4.78, 5) is 0. The summed E-state index contributed by atoms with van der Waals surface area (Å²) >= 11 is 6.05. The molecule has 18 heavy (non-hydrogen) atoms. The van der Waals surface area contributed by atoms with E-state index < -0.39 is 0 Å². The standard InChI is InChI=1S/C14H13ClO3/c15-13-6-2-4-11(9-17)14(13)18-12-5-1-3-10(7-12)8-16/h1-7,16-17H,8-9H2. The van der Waals surface area contributed by atoms with Crippen LogP contribution in [0.15, 0.2) is 42.5 Å². The van der Waals surface area contributed by atoms with Crippen molar-refractivity contribution in [2.45, 2.75) is 13.2 Å². The predicted octanol–water partition coefficient (Wildman–Crippen LogP) is 3.12. The molecule has 4 heteroatoms. The Morgan fingerprint density at radius 1 is 1.00 bits per heavy atom. The van der Waals surface area contributed by atoms with Gasteiger partial charge in [-0.3, -0.25) is 0 Å². The maximum absolute atomic E-state index is 9.24. The Balaban J connectivity index is 2.33. The summed E-state index contributed by atoms with van der Waals surface area (Å²) < 4.78 is 5.67. The second-order valence-corrected chi connectivity index (χ2v) is 4.20. The van der Waals surface area contributed by atoms with E-state index in [2.05, 4.69) is 0 Å². The summed E-state index contributed by atoms with van der Waals surface area (Å²) in [5.74, 6) is 1.01. The highest BCUT2D eigenvalue weighted by Gasteiger charge is 2.09. The number of aliphatic hydroxyl groups excluding tert-OH is 2. The quantitative estimate of drug-likeness (QED) is 0.892. The van der Waals surface area contributed by atoms with Gasteiger partial charge in [0.1, 0.15) is 5.75 Å². The first-order valence-corrected chi connectivity index (χ1v) is 5.88. The van der Waals surface area contributed by atoms with Gasteiger partial charge in [0.15, 0.2) is 5.75 Å². The number of rotatable bonds is 4. The van der Waals surface area contributed by atoms with Gasteiger partial charge in [0.2, 0.25) is 0 Å². The molecular formula is C14H13ClO3. The third-order valence-electron chi connectivity index (χ3n) is 2.52. The third-order valence-corrected chi connectivity index (χ3v) is 2.82. The molecule has 2 aromatic carbocycles. The van der Waals surface area contributed by atoms with Crippen LogP contribution in [0.25, 0.3) is 0 Å². The molecule has 2 aromatic rings. The number of ether oxygens (including phenoxy) is 1. The van der Waals surface area contributed by atoms with Crippen molar-refractivity contribution in [1.82, 2.24) is 0 Å². The number of halogens is 1. The molecule has 0 aliphatic heterocycles. The van der Waals surface area contributed by atoms with E-state index in [1.54, 1.807) is 42.5 Å². The van der Waals surface area contributed by atoms with Crippen molar-refractivity contribution in [1.29, 1.82) is 0 Å². The lowest BCUT2D eigenvalue weighted by Crippen LogP contribution is -1.93. The van der Waals surface area contributed by atoms with Gasteiger partial charge in [-0.05, 0) is 23.8 Å². The predicted molar refractivity (Wildman–Crippen MR) is 69.8 cm³/mol. The van der Waals surface area contributed by atoms with Gasteiger partial charge in [0.05, 0.1) is 18.2 Å². The Labute approximate surface area is 110 Å². The van der Waals surface area contributed by atoms with Crippen LogP contribution < -0.4 is 4.74 Å². The molecule has 0 aromatic heterocycles. The summed E-state index contributed by atoms with van der Waals surface area (Å²) in [5, 5.41) is 18.7. The van der Waals surface area contributed by atoms with Crippen LogP contribution in [0.1, 0.15) is 11.1 Å². The Bertz CT molecular complexity index is 540. The van der Waals surface area contributed by atoms with Gasteiger partial charge in [0, 0.05) is 5.56 Å². The van der Waals surface area contributed by atoms with Crippen LogP contribution >= 0.6 is 11.6 Å². The first-order chi connectivity index (χ1) is 8.74. The second-order valence-electron chi connectivity index (χ2n) is 3.79. The molecule has 2 N–H and O–H groups in total. The molecule has 2 rings (SSSR count). The molecule has 0 unspecified atom stereocenters. The molecule has 0 aliphatic rings. The smallest absolute Gasteiger partial charge is 0.151 e. The van der Waals surface area contributed by atoms with Crippen molar-refractivity contribution in [3.8, 4) is 11.5 Å². The van der Waals surface area contributed by atoms with Crippen LogP contribution in [-0.2, 0) is 13.2 Å². The monoisotopic (exact) mass is 264 g/mol. The summed E-state index contributed by atoms with van der Waals surface area (Å²) in [5.41, 5.74) is 1.38. The topological polar surface area (TPSA) is 49.7 Å². The van der Waals surface area contributed by atoms with Crippen LogP contribution in [0.3, 0.4) is 0 Å². The molecule has 0 bridgehead atoms. The average molecular weight is 265 g/mol. The number of aliphatic hydroxyl groups is 2. The summed E-state index contributed by atoms with van der Waals surface area (Å²) in [6.45, 7) is -0.192. The maximum Gasteiger partial charge on any atom is 0.151 e. The van der Waals surface area contributed by atoms with Crippen molar-refractivity contribution < 1.29 is 14.9 Å². The van der Waals surface area contributed by atoms with E-state index in [-0.39, 0.29) is 13.2 Å². The summed E-state index contributed by atoms with van der Waals surface area (Å²) in [6, 6.07) is 12.3. The van der Waals surface area contributed by atoms with Crippen LogP contribution in [0.4, 0.5) is 0 Å². The number of hydrogen-bond acceptors (Lipinski definition) is 3. The van der Waals surface area contributed by atoms with Gasteiger partial charge < -0.3 is 14.9 Å². The number of hydrogen-bond donors (Lipinski definition) is 2. The molecule has 0 atom stereocenters. The lowest BCUT2D eigenvalue weighted by atomic mass is 10.2. The fraction of sp³-hybridized carbons (Fsp3) is 0.143. The molecule has 3 nitrogen and oxygen atoms in total. The van der Waals surface area contributed by atoms with Gasteiger partial charge in [-0.1, -0.05) is 35.9 Å². The van der Waals surface area contributed by atoms with Crippen LogP contribution in [-0.4, -0.2) is 10.2 Å². The Morgan fingerprint density at radius 3 is 2.50 bits per heavy atom. The van der Waals surface area contributed by atoms with Crippen molar-refractivity contribution in [3.63, 3.8) is 0 Å². The van der Waals surface area contributed by atoms with Gasteiger partial charge in [0.25, 0.3) is 0 Å². The number of para-hydroxylation sites is 1. The SMILES string of the molecule is OCc1cccc(Oc2c(Cl)cccc2CO)c1. The van der Waals surface area contributed by atoms with Crippen LogP contribution in [0, 0.1) is 0 Å². The average Bonchev–Trinajstić information content (AvgIpc) is 2.41. The minimum Gasteiger partial charge on any atom is -0.455 e. The molecule has 0 saturated carbocycles. The molecule has 0 aliphatic carbocycles. The highest BCUT2D eigenvalue weighted by atomic mass is 35.5. The van der Waals surface area contributed by atoms with E-state index in [4.69, 9.17) is 21.4 Å². The first kappa shape index (κ1) is 12.9. The van der Waals surface area contributed by atoms with Crippen molar-refractivity contribution >= 4 is 11.6 Å². The lowest BCUT2D eigenvalue weighted by Gasteiger charge is -2.12. The minimum absolute atomic E-state index is 0.0490. The van der Waals surface area contributed by atoms with Gasteiger partial charge in [-0.25, -0.2) is 0 Å².